The predicted molar refractivity (Wildman–Crippen MR) is 55.7 cm³/mol. The van der Waals surface area contributed by atoms with Crippen LogP contribution in [-0.2, 0) is 11.5 Å². The van der Waals surface area contributed by atoms with Gasteiger partial charge < -0.3 is 9.84 Å². The zero-order chi connectivity index (χ0) is 12.0. The van der Waals surface area contributed by atoms with Crippen molar-refractivity contribution in [2.45, 2.75) is 31.3 Å². The number of aliphatic hydroxyl groups is 1. The number of alkyl halides is 2. The second-order valence-electron chi connectivity index (χ2n) is 4.34. The van der Waals surface area contributed by atoms with E-state index in [1.54, 1.807) is 6.07 Å². The molecule has 0 spiro atoms. The minimum absolute atomic E-state index is 0.153. The third-order valence-electron chi connectivity index (χ3n) is 2.93. The van der Waals surface area contributed by atoms with Crippen molar-refractivity contribution in [2.75, 3.05) is 7.11 Å². The van der Waals surface area contributed by atoms with Crippen LogP contribution in [0.2, 0.25) is 0 Å². The number of halogens is 2. The Hall–Kier alpha value is -1.16. The van der Waals surface area contributed by atoms with Gasteiger partial charge in [-0.2, -0.15) is 0 Å². The maximum absolute atomic E-state index is 13.3. The van der Waals surface area contributed by atoms with Gasteiger partial charge in [0.25, 0.3) is 5.92 Å². The first kappa shape index (κ1) is 11.3. The predicted octanol–water partition coefficient (Wildman–Crippen LogP) is 2.79. The molecule has 1 aromatic rings. The first-order valence-electron chi connectivity index (χ1n) is 5.16. The summed E-state index contributed by atoms with van der Waals surface area (Å²) in [5.74, 6) is -2.81. The summed E-state index contributed by atoms with van der Waals surface area (Å²) in [4.78, 5) is 0. The first-order chi connectivity index (χ1) is 7.37. The van der Waals surface area contributed by atoms with Crippen molar-refractivity contribution in [1.82, 2.24) is 0 Å². The normalized spacial score (nSPS) is 18.3. The number of hydrogen-bond donors (Lipinski definition) is 1. The summed E-state index contributed by atoms with van der Waals surface area (Å²) >= 11 is 0. The van der Waals surface area contributed by atoms with Gasteiger partial charge in [0.2, 0.25) is 0 Å². The fourth-order valence-corrected chi connectivity index (χ4v) is 1.75. The van der Waals surface area contributed by atoms with E-state index in [0.717, 1.165) is 6.92 Å². The summed E-state index contributed by atoms with van der Waals surface area (Å²) in [5.41, 5.74) is -0.524. The lowest BCUT2D eigenvalue weighted by Gasteiger charge is -2.18. The van der Waals surface area contributed by atoms with Crippen molar-refractivity contribution < 1.29 is 18.6 Å². The van der Waals surface area contributed by atoms with Crippen molar-refractivity contribution in [3.05, 3.63) is 29.3 Å². The number of hydrogen-bond acceptors (Lipinski definition) is 2. The van der Waals surface area contributed by atoms with Gasteiger partial charge >= 0.3 is 0 Å². The Labute approximate surface area is 92.9 Å². The summed E-state index contributed by atoms with van der Waals surface area (Å²) < 4.78 is 31.6. The highest BCUT2D eigenvalue weighted by Crippen LogP contribution is 2.47. The molecular weight excluding hydrogens is 214 g/mol. The van der Waals surface area contributed by atoms with E-state index in [9.17, 15) is 13.9 Å². The number of benzene rings is 1. The monoisotopic (exact) mass is 228 g/mol. The van der Waals surface area contributed by atoms with E-state index in [1.165, 1.54) is 19.2 Å². The molecule has 1 aliphatic carbocycles. The molecule has 0 heterocycles. The van der Waals surface area contributed by atoms with Crippen LogP contribution in [0.5, 0.6) is 5.75 Å². The first-order valence-corrected chi connectivity index (χ1v) is 5.16. The van der Waals surface area contributed by atoms with E-state index in [-0.39, 0.29) is 11.3 Å². The molecule has 1 aromatic carbocycles. The molecule has 0 atom stereocenters. The van der Waals surface area contributed by atoms with Gasteiger partial charge in [0.15, 0.2) is 0 Å². The lowest BCUT2D eigenvalue weighted by atomic mass is 10.0. The van der Waals surface area contributed by atoms with E-state index in [2.05, 4.69) is 0 Å². The minimum Gasteiger partial charge on any atom is -0.496 e. The molecule has 0 aromatic heterocycles. The van der Waals surface area contributed by atoms with Crippen LogP contribution in [0.3, 0.4) is 0 Å². The van der Waals surface area contributed by atoms with Crippen molar-refractivity contribution in [3.8, 4) is 5.75 Å². The highest BCUT2D eigenvalue weighted by atomic mass is 19.3. The van der Waals surface area contributed by atoms with E-state index in [4.69, 9.17) is 4.74 Å². The Morgan fingerprint density at radius 1 is 1.38 bits per heavy atom. The van der Waals surface area contributed by atoms with E-state index >= 15 is 0 Å². The maximum atomic E-state index is 13.3. The topological polar surface area (TPSA) is 29.5 Å². The molecule has 4 heteroatoms. The smallest absolute Gasteiger partial charge is 0.274 e. The van der Waals surface area contributed by atoms with Crippen molar-refractivity contribution in [3.63, 3.8) is 0 Å². The molecule has 16 heavy (non-hydrogen) atoms. The Morgan fingerprint density at radius 2 is 2.00 bits per heavy atom. The van der Waals surface area contributed by atoms with Crippen LogP contribution in [0, 0.1) is 0 Å². The average molecular weight is 228 g/mol. The zero-order valence-corrected chi connectivity index (χ0v) is 9.26. The van der Waals surface area contributed by atoms with E-state index in [0.29, 0.717) is 18.4 Å². The highest BCUT2D eigenvalue weighted by Gasteiger charge is 2.43. The molecule has 2 rings (SSSR count). The van der Waals surface area contributed by atoms with Gasteiger partial charge in [0, 0.05) is 6.92 Å². The molecule has 0 bridgehead atoms. The van der Waals surface area contributed by atoms with Gasteiger partial charge in [-0.3, -0.25) is 0 Å². The molecule has 0 aliphatic heterocycles. The number of ether oxygens (including phenoxy) is 1. The molecule has 2 nitrogen and oxygen atoms in total. The largest absolute Gasteiger partial charge is 0.496 e. The fraction of sp³-hybridized carbons (Fsp3) is 0.500. The van der Waals surface area contributed by atoms with Gasteiger partial charge in [-0.05, 0) is 30.5 Å². The van der Waals surface area contributed by atoms with Crippen LogP contribution < -0.4 is 4.74 Å². The van der Waals surface area contributed by atoms with Crippen LogP contribution in [0.4, 0.5) is 8.78 Å². The standard InChI is InChI=1S/C12H14F2O2/c1-11(13,14)9-7-8(12(15)5-6-12)3-4-10(9)16-2/h3-4,7,15H,5-6H2,1-2H3. The molecule has 1 saturated carbocycles. The molecule has 0 amide bonds. The average Bonchev–Trinajstić information content (AvgIpc) is 2.95. The summed E-state index contributed by atoms with van der Waals surface area (Å²) in [6.07, 6.45) is 1.27. The summed E-state index contributed by atoms with van der Waals surface area (Å²) in [5, 5.41) is 9.87. The van der Waals surface area contributed by atoms with Gasteiger partial charge in [0.05, 0.1) is 18.3 Å². The van der Waals surface area contributed by atoms with Crippen molar-refractivity contribution in [2.24, 2.45) is 0 Å². The highest BCUT2D eigenvalue weighted by molar-refractivity contribution is 5.43. The van der Waals surface area contributed by atoms with Crippen molar-refractivity contribution in [1.29, 1.82) is 0 Å². The molecular formula is C12H14F2O2. The zero-order valence-electron chi connectivity index (χ0n) is 9.26. The van der Waals surface area contributed by atoms with Crippen molar-refractivity contribution >= 4 is 0 Å². The molecule has 1 fully saturated rings. The molecule has 88 valence electrons. The third kappa shape index (κ3) is 1.89. The van der Waals surface area contributed by atoms with Crippen LogP contribution in [0.1, 0.15) is 30.9 Å². The van der Waals surface area contributed by atoms with Gasteiger partial charge in [0.1, 0.15) is 5.75 Å². The quantitative estimate of drug-likeness (QED) is 0.862. The maximum Gasteiger partial charge on any atom is 0.274 e. The van der Waals surface area contributed by atoms with Crippen LogP contribution in [-0.4, -0.2) is 12.2 Å². The van der Waals surface area contributed by atoms with Crippen LogP contribution >= 0.6 is 0 Å². The van der Waals surface area contributed by atoms with Gasteiger partial charge in [-0.25, -0.2) is 8.78 Å². The Bertz CT molecular complexity index is 406. The van der Waals surface area contributed by atoms with Crippen LogP contribution in [0.25, 0.3) is 0 Å². The summed E-state index contributed by atoms with van der Waals surface area (Å²) in [6.45, 7) is 0.825. The molecule has 1 N–H and O–H groups in total. The summed E-state index contributed by atoms with van der Waals surface area (Å²) in [6, 6.07) is 4.46. The Kier molecular flexibility index (Phi) is 2.42. The number of rotatable bonds is 3. The molecule has 0 radical (unpaired) electrons. The van der Waals surface area contributed by atoms with Gasteiger partial charge in [-0.15, -0.1) is 0 Å². The second kappa shape index (κ2) is 3.42. The molecule has 1 aliphatic rings. The Balaban J connectivity index is 2.47. The Morgan fingerprint density at radius 3 is 2.44 bits per heavy atom. The fourth-order valence-electron chi connectivity index (χ4n) is 1.75. The third-order valence-corrected chi connectivity index (χ3v) is 2.93. The molecule has 0 saturated heterocycles. The lowest BCUT2D eigenvalue weighted by Crippen LogP contribution is -2.12. The SMILES string of the molecule is COc1ccc(C2(O)CC2)cc1C(C)(F)F. The lowest BCUT2D eigenvalue weighted by molar-refractivity contribution is 0.0147. The van der Waals surface area contributed by atoms with E-state index < -0.39 is 11.5 Å². The van der Waals surface area contributed by atoms with Crippen LogP contribution in [0.15, 0.2) is 18.2 Å². The minimum atomic E-state index is -2.97. The van der Waals surface area contributed by atoms with E-state index in [1.807, 2.05) is 0 Å². The number of methoxy groups -OCH3 is 1. The van der Waals surface area contributed by atoms with Gasteiger partial charge in [-0.1, -0.05) is 6.07 Å². The summed E-state index contributed by atoms with van der Waals surface area (Å²) in [7, 11) is 1.36. The second-order valence-corrected chi connectivity index (χ2v) is 4.34. The molecule has 0 unspecified atom stereocenters.